The van der Waals surface area contributed by atoms with E-state index in [-0.39, 0.29) is 17.9 Å². The number of amides is 2. The molecule has 1 aromatic heterocycles. The van der Waals surface area contributed by atoms with E-state index >= 15 is 0 Å². The van der Waals surface area contributed by atoms with Crippen molar-refractivity contribution in [3.8, 4) is 0 Å². The largest absolute Gasteiger partial charge is 0.350 e. The van der Waals surface area contributed by atoms with E-state index in [0.29, 0.717) is 30.3 Å². The zero-order valence-electron chi connectivity index (χ0n) is 15.8. The summed E-state index contributed by atoms with van der Waals surface area (Å²) in [6, 6.07) is 14.8. The molecule has 2 N–H and O–H groups in total. The molecule has 2 aromatic carbocycles. The van der Waals surface area contributed by atoms with Crippen molar-refractivity contribution in [2.75, 3.05) is 23.7 Å². The van der Waals surface area contributed by atoms with E-state index in [1.807, 2.05) is 29.2 Å². The van der Waals surface area contributed by atoms with Gasteiger partial charge in [0, 0.05) is 42.0 Å². The molecule has 2 heterocycles. The summed E-state index contributed by atoms with van der Waals surface area (Å²) in [5.41, 5.74) is 2.10. The topological polar surface area (TPSA) is 87.2 Å². The van der Waals surface area contributed by atoms with Crippen LogP contribution in [0.5, 0.6) is 0 Å². The van der Waals surface area contributed by atoms with Gasteiger partial charge < -0.3 is 15.5 Å². The number of anilines is 2. The molecule has 1 saturated heterocycles. The maximum atomic E-state index is 12.8. The maximum Gasteiger partial charge on any atom is 0.253 e. The van der Waals surface area contributed by atoms with E-state index in [0.717, 1.165) is 17.3 Å². The molecule has 0 radical (unpaired) electrons. The van der Waals surface area contributed by atoms with Crippen LogP contribution in [0.2, 0.25) is 0 Å². The number of carbonyl (C=O) groups excluding carboxylic acids is 2. The molecule has 7 nitrogen and oxygen atoms in total. The lowest BCUT2D eigenvalue weighted by molar-refractivity contribution is -0.111. The van der Waals surface area contributed by atoms with Crippen molar-refractivity contribution < 1.29 is 9.59 Å². The quantitative estimate of drug-likeness (QED) is 0.657. The summed E-state index contributed by atoms with van der Waals surface area (Å²) >= 11 is 0. The number of nitrogens with zero attached hydrogens (tertiary/aromatic N) is 3. The van der Waals surface area contributed by atoms with Crippen LogP contribution >= 0.6 is 0 Å². The Morgan fingerprint density at radius 2 is 1.93 bits per heavy atom. The van der Waals surface area contributed by atoms with Crippen LogP contribution in [0.1, 0.15) is 16.8 Å². The summed E-state index contributed by atoms with van der Waals surface area (Å²) < 4.78 is 0. The van der Waals surface area contributed by atoms with Gasteiger partial charge in [-0.2, -0.15) is 0 Å². The predicted octanol–water partition coefficient (Wildman–Crippen LogP) is 3.08. The number of likely N-dealkylation sites (tertiary alicyclic amines) is 1. The van der Waals surface area contributed by atoms with Crippen LogP contribution in [0.3, 0.4) is 0 Å². The molecule has 4 rings (SSSR count). The average molecular weight is 387 g/mol. The second-order valence-corrected chi connectivity index (χ2v) is 6.90. The van der Waals surface area contributed by atoms with Crippen molar-refractivity contribution in [1.29, 1.82) is 0 Å². The molecular formula is C22H21N5O2. The highest BCUT2D eigenvalue weighted by molar-refractivity contribution is 5.99. The van der Waals surface area contributed by atoms with E-state index in [9.17, 15) is 9.59 Å². The van der Waals surface area contributed by atoms with Crippen LogP contribution in [-0.4, -0.2) is 45.8 Å². The summed E-state index contributed by atoms with van der Waals surface area (Å²) in [6.45, 7) is 4.67. The first kappa shape index (κ1) is 18.6. The number of benzene rings is 2. The fourth-order valence-electron chi connectivity index (χ4n) is 3.36. The lowest BCUT2D eigenvalue weighted by atomic mass is 10.2. The minimum absolute atomic E-state index is 0.0321. The number of rotatable bonds is 5. The molecule has 2 amide bonds. The molecular weight excluding hydrogens is 366 g/mol. The number of fused-ring (bicyclic) bond motifs is 1. The summed E-state index contributed by atoms with van der Waals surface area (Å²) in [5, 5.41) is 7.00. The van der Waals surface area contributed by atoms with Crippen LogP contribution < -0.4 is 10.6 Å². The average Bonchev–Trinajstić information content (AvgIpc) is 3.22. The molecule has 0 spiro atoms. The van der Waals surface area contributed by atoms with Gasteiger partial charge in [-0.15, -0.1) is 0 Å². The molecule has 1 fully saturated rings. The molecule has 0 aliphatic carbocycles. The van der Waals surface area contributed by atoms with Gasteiger partial charge in [-0.3, -0.25) is 9.59 Å². The van der Waals surface area contributed by atoms with Crippen LogP contribution in [-0.2, 0) is 4.79 Å². The van der Waals surface area contributed by atoms with Gasteiger partial charge in [-0.1, -0.05) is 24.8 Å². The van der Waals surface area contributed by atoms with Crippen LogP contribution in [0.15, 0.2) is 67.4 Å². The first-order valence-electron chi connectivity index (χ1n) is 9.43. The maximum absolute atomic E-state index is 12.8. The minimum Gasteiger partial charge on any atom is -0.350 e. The second-order valence-electron chi connectivity index (χ2n) is 6.90. The van der Waals surface area contributed by atoms with E-state index in [1.165, 1.54) is 6.08 Å². The normalized spacial score (nSPS) is 15.9. The Bertz CT molecular complexity index is 1060. The molecule has 0 saturated carbocycles. The molecule has 3 aromatic rings. The van der Waals surface area contributed by atoms with Gasteiger partial charge >= 0.3 is 0 Å². The molecule has 1 unspecified atom stereocenters. The number of hydrogen-bond donors (Lipinski definition) is 2. The SMILES string of the molecule is C=CC(=O)Nc1ccc(C(=O)N2CCC(Nc3ncc4ccccc4n3)C2)cc1. The highest BCUT2D eigenvalue weighted by atomic mass is 16.2. The first-order chi connectivity index (χ1) is 14.1. The number of hydrogen-bond acceptors (Lipinski definition) is 5. The standard InChI is InChI=1S/C22H21N5O2/c1-2-20(28)24-17-9-7-15(8-10-17)21(29)27-12-11-18(14-27)25-22-23-13-16-5-3-4-6-19(16)26-22/h2-10,13,18H,1,11-12,14H2,(H,24,28)(H,23,25,26). The third-order valence-electron chi connectivity index (χ3n) is 4.88. The van der Waals surface area contributed by atoms with Gasteiger partial charge in [0.05, 0.1) is 5.52 Å². The van der Waals surface area contributed by atoms with E-state index in [4.69, 9.17) is 0 Å². The fourth-order valence-corrected chi connectivity index (χ4v) is 3.36. The van der Waals surface area contributed by atoms with Gasteiger partial charge in [0.2, 0.25) is 11.9 Å². The minimum atomic E-state index is -0.284. The third-order valence-corrected chi connectivity index (χ3v) is 4.88. The van der Waals surface area contributed by atoms with Crippen molar-refractivity contribution in [1.82, 2.24) is 14.9 Å². The van der Waals surface area contributed by atoms with Crippen molar-refractivity contribution >= 4 is 34.4 Å². The molecule has 1 aliphatic rings. The van der Waals surface area contributed by atoms with Crippen molar-refractivity contribution in [2.45, 2.75) is 12.5 Å². The Balaban J connectivity index is 1.37. The Morgan fingerprint density at radius 3 is 2.72 bits per heavy atom. The van der Waals surface area contributed by atoms with Gasteiger partial charge in [0.15, 0.2) is 0 Å². The van der Waals surface area contributed by atoms with Gasteiger partial charge in [0.25, 0.3) is 5.91 Å². The Labute approximate surface area is 168 Å². The van der Waals surface area contributed by atoms with E-state index in [1.54, 1.807) is 30.5 Å². The molecule has 29 heavy (non-hydrogen) atoms. The van der Waals surface area contributed by atoms with Crippen LogP contribution in [0.25, 0.3) is 10.9 Å². The lowest BCUT2D eigenvalue weighted by Gasteiger charge is -2.17. The summed E-state index contributed by atoms with van der Waals surface area (Å²) in [6.07, 6.45) is 3.83. The first-order valence-corrected chi connectivity index (χ1v) is 9.43. The van der Waals surface area contributed by atoms with Crippen molar-refractivity contribution in [2.24, 2.45) is 0 Å². The number of carbonyl (C=O) groups is 2. The van der Waals surface area contributed by atoms with Crippen LogP contribution in [0, 0.1) is 0 Å². The smallest absolute Gasteiger partial charge is 0.253 e. The van der Waals surface area contributed by atoms with Crippen molar-refractivity contribution in [3.05, 3.63) is 72.9 Å². The number of nitrogens with one attached hydrogen (secondary N) is 2. The van der Waals surface area contributed by atoms with Gasteiger partial charge in [0.1, 0.15) is 0 Å². The molecule has 146 valence electrons. The highest BCUT2D eigenvalue weighted by Gasteiger charge is 2.27. The second kappa shape index (κ2) is 8.10. The summed E-state index contributed by atoms with van der Waals surface area (Å²) in [4.78, 5) is 34.8. The highest BCUT2D eigenvalue weighted by Crippen LogP contribution is 2.19. The Kier molecular flexibility index (Phi) is 5.20. The zero-order chi connectivity index (χ0) is 20.2. The molecule has 1 atom stereocenters. The zero-order valence-corrected chi connectivity index (χ0v) is 15.8. The van der Waals surface area contributed by atoms with E-state index in [2.05, 4.69) is 27.2 Å². The monoisotopic (exact) mass is 387 g/mol. The predicted molar refractivity (Wildman–Crippen MR) is 113 cm³/mol. The van der Waals surface area contributed by atoms with Crippen molar-refractivity contribution in [3.63, 3.8) is 0 Å². The summed E-state index contributed by atoms with van der Waals surface area (Å²) in [7, 11) is 0. The number of para-hydroxylation sites is 1. The molecule has 0 bridgehead atoms. The Morgan fingerprint density at radius 1 is 1.14 bits per heavy atom. The molecule has 7 heteroatoms. The van der Waals surface area contributed by atoms with Crippen LogP contribution in [0.4, 0.5) is 11.6 Å². The fraction of sp³-hybridized carbons (Fsp3) is 0.182. The van der Waals surface area contributed by atoms with Gasteiger partial charge in [-0.05, 0) is 42.8 Å². The molecule has 1 aliphatic heterocycles. The number of aromatic nitrogens is 2. The van der Waals surface area contributed by atoms with E-state index < -0.39 is 0 Å². The summed E-state index contributed by atoms with van der Waals surface area (Å²) in [5.74, 6) is 0.258. The third kappa shape index (κ3) is 4.24. The lowest BCUT2D eigenvalue weighted by Crippen LogP contribution is -2.31. The Hall–Kier alpha value is -3.74. The van der Waals surface area contributed by atoms with Gasteiger partial charge in [-0.25, -0.2) is 9.97 Å².